The third-order valence-corrected chi connectivity index (χ3v) is 10.2. The number of anilines is 1. The first kappa shape index (κ1) is 33.5. The van der Waals surface area contributed by atoms with E-state index in [1.165, 1.54) is 14.0 Å². The second-order valence-electron chi connectivity index (χ2n) is 13.3. The Morgan fingerprint density at radius 2 is 1.88 bits per heavy atom. The zero-order valence-corrected chi connectivity index (χ0v) is 29.6. The van der Waals surface area contributed by atoms with Gasteiger partial charge in [-0.05, 0) is 78.2 Å². The number of nitrogens with one attached hydrogen (secondary N) is 2. The maximum absolute atomic E-state index is 14.4. The van der Waals surface area contributed by atoms with Gasteiger partial charge in [-0.2, -0.15) is 5.10 Å². The van der Waals surface area contributed by atoms with Crippen molar-refractivity contribution in [1.82, 2.24) is 34.9 Å². The summed E-state index contributed by atoms with van der Waals surface area (Å²) in [6, 6.07) is 6.16. The average Bonchev–Trinajstić information content (AvgIpc) is 3.49. The van der Waals surface area contributed by atoms with Gasteiger partial charge in [0.15, 0.2) is 5.78 Å². The van der Waals surface area contributed by atoms with Gasteiger partial charge in [0.05, 0.1) is 12.6 Å². The molecule has 3 aromatic heterocycles. The largest absolute Gasteiger partial charge is 0.497 e. The molecule has 1 saturated heterocycles. The Morgan fingerprint density at radius 1 is 1.08 bits per heavy atom. The highest BCUT2D eigenvalue weighted by atomic mass is 79.9. The predicted molar refractivity (Wildman–Crippen MR) is 188 cm³/mol. The molecule has 4 aromatic rings. The number of ketones is 1. The summed E-state index contributed by atoms with van der Waals surface area (Å²) in [6.45, 7) is 3.47. The number of halogens is 1. The van der Waals surface area contributed by atoms with Crippen LogP contribution in [0, 0.1) is 12.3 Å². The first-order valence-corrected chi connectivity index (χ1v) is 17.4. The lowest BCUT2D eigenvalue weighted by Crippen LogP contribution is -2.46. The summed E-state index contributed by atoms with van der Waals surface area (Å²) >= 11 is 3.35. The first-order chi connectivity index (χ1) is 24.0. The van der Waals surface area contributed by atoms with Crippen molar-refractivity contribution < 1.29 is 23.9 Å². The highest BCUT2D eigenvalue weighted by molar-refractivity contribution is 9.10. The van der Waals surface area contributed by atoms with E-state index in [1.807, 2.05) is 25.1 Å². The van der Waals surface area contributed by atoms with Gasteiger partial charge in [0.25, 0.3) is 0 Å². The van der Waals surface area contributed by atoms with Crippen LogP contribution in [-0.4, -0.2) is 78.9 Å². The van der Waals surface area contributed by atoms with Crippen molar-refractivity contribution >= 4 is 56.2 Å². The Balaban J connectivity index is 1.29. The monoisotopic (exact) mass is 740 g/mol. The van der Waals surface area contributed by atoms with Crippen LogP contribution in [0.25, 0.3) is 22.0 Å². The van der Waals surface area contributed by atoms with Crippen molar-refractivity contribution in [2.75, 3.05) is 19.0 Å². The van der Waals surface area contributed by atoms with E-state index < -0.39 is 11.5 Å². The predicted octanol–water partition coefficient (Wildman–Crippen LogP) is 4.57. The molecule has 0 unspecified atom stereocenters. The summed E-state index contributed by atoms with van der Waals surface area (Å²) in [5.74, 6) is 0.466. The maximum Gasteiger partial charge on any atom is 0.248 e. The molecule has 0 spiro atoms. The number of hydrogen-bond donors (Lipinski definition) is 2. The van der Waals surface area contributed by atoms with E-state index in [9.17, 15) is 19.2 Å². The number of pyridine rings is 1. The number of carbonyl (C=O) groups is 4. The molecular weight excluding hydrogens is 704 g/mol. The number of rotatable bonds is 5. The van der Waals surface area contributed by atoms with Crippen molar-refractivity contribution in [3.05, 3.63) is 70.5 Å². The normalized spacial score (nSPS) is 22.1. The number of ether oxygens (including phenoxy) is 1. The maximum atomic E-state index is 14.4. The van der Waals surface area contributed by atoms with E-state index in [-0.39, 0.29) is 47.6 Å². The molecule has 7 rings (SSSR count). The number of allylic oxidation sites excluding steroid dienone is 2. The van der Waals surface area contributed by atoms with E-state index in [4.69, 9.17) is 9.84 Å². The highest BCUT2D eigenvalue weighted by Gasteiger charge is 2.67. The third kappa shape index (κ3) is 6.51. The number of piperidine rings is 1. The van der Waals surface area contributed by atoms with Crippen LogP contribution in [0.3, 0.4) is 0 Å². The summed E-state index contributed by atoms with van der Waals surface area (Å²) < 4.78 is 7.42. The van der Waals surface area contributed by atoms with Gasteiger partial charge in [-0.15, -0.1) is 0 Å². The molecule has 2 N–H and O–H groups in total. The number of carbonyl (C=O) groups excluding carboxylic acids is 4. The van der Waals surface area contributed by atoms with E-state index >= 15 is 0 Å². The molecule has 50 heavy (non-hydrogen) atoms. The minimum atomic E-state index is -0.812. The molecule has 5 heterocycles. The Labute approximate surface area is 297 Å². The van der Waals surface area contributed by atoms with Crippen molar-refractivity contribution in [1.29, 1.82) is 0 Å². The molecule has 13 nitrogen and oxygen atoms in total. The van der Waals surface area contributed by atoms with E-state index in [2.05, 4.69) is 47.6 Å². The summed E-state index contributed by atoms with van der Waals surface area (Å²) in [4.78, 5) is 68.9. The van der Waals surface area contributed by atoms with Gasteiger partial charge >= 0.3 is 0 Å². The molecule has 1 aromatic carbocycles. The lowest BCUT2D eigenvalue weighted by molar-refractivity contribution is -0.138. The third-order valence-electron chi connectivity index (χ3n) is 9.84. The second kappa shape index (κ2) is 13.4. The minimum Gasteiger partial charge on any atom is -0.497 e. The van der Waals surface area contributed by atoms with Crippen LogP contribution in [0.15, 0.2) is 53.4 Å². The van der Waals surface area contributed by atoms with Crippen LogP contribution < -0.4 is 15.4 Å². The van der Waals surface area contributed by atoms with Crippen LogP contribution in [0.2, 0.25) is 0 Å². The molecule has 1 aliphatic carbocycles. The molecule has 1 saturated carbocycles. The number of hydrogen-bond acceptors (Lipinski definition) is 9. The van der Waals surface area contributed by atoms with Crippen LogP contribution >= 0.6 is 15.9 Å². The first-order valence-electron chi connectivity index (χ1n) is 16.6. The molecule has 0 radical (unpaired) electrons. The fourth-order valence-electron chi connectivity index (χ4n) is 7.26. The molecule has 2 aliphatic heterocycles. The summed E-state index contributed by atoms with van der Waals surface area (Å²) in [5, 5.41) is 11.3. The molecular formula is C36H37BrN8O5. The number of benzene rings is 1. The quantitative estimate of drug-likeness (QED) is 0.170. The van der Waals surface area contributed by atoms with Crippen LogP contribution in [0.4, 0.5) is 5.82 Å². The Hall–Kier alpha value is -4.98. The van der Waals surface area contributed by atoms with Crippen molar-refractivity contribution in [3.63, 3.8) is 0 Å². The van der Waals surface area contributed by atoms with Crippen molar-refractivity contribution in [2.45, 2.75) is 71.0 Å². The van der Waals surface area contributed by atoms with Crippen LogP contribution in [0.5, 0.6) is 5.75 Å². The Morgan fingerprint density at radius 3 is 2.64 bits per heavy atom. The standard InChI is InChI=1S/C36H37BrN8O5/c1-20(46)33-26-11-23(24-16-38-21(2)39-17-24)10-22-8-6-4-5-7-9-31(47)40-19-36-14-27(35(49)42-30-13-25(50-3)12-29(37)41-30)45(28(36)15-36)32(48)18-44(43-33)34(22)26/h4,6,10-13,16-17,27-28H,5,7-9,14-15,18-19H2,1-3H3,(H,40,47)(H,41,42,49)/t27-,28+,36-/m0/s1. The van der Waals surface area contributed by atoms with Crippen molar-refractivity contribution in [3.8, 4) is 16.9 Å². The molecule has 2 fully saturated rings. The van der Waals surface area contributed by atoms with Gasteiger partial charge in [-0.1, -0.05) is 12.2 Å². The number of aryl methyl sites for hydroxylation is 1. The molecule has 3 amide bonds. The van der Waals surface area contributed by atoms with Gasteiger partial charge in [-0.25, -0.2) is 15.0 Å². The minimum absolute atomic E-state index is 0.0504. The Kier molecular flexibility index (Phi) is 8.97. The lowest BCUT2D eigenvalue weighted by atomic mass is 9.98. The molecule has 258 valence electrons. The zero-order valence-electron chi connectivity index (χ0n) is 28.0. The lowest BCUT2D eigenvalue weighted by Gasteiger charge is -2.27. The fourth-order valence-corrected chi connectivity index (χ4v) is 7.67. The number of aromatic nitrogens is 5. The molecule has 14 heteroatoms. The van der Waals surface area contributed by atoms with Gasteiger partial charge in [0, 0.05) is 66.8 Å². The number of amides is 3. The van der Waals surface area contributed by atoms with E-state index in [0.717, 1.165) is 23.1 Å². The summed E-state index contributed by atoms with van der Waals surface area (Å²) in [5.41, 5.74) is 3.01. The van der Waals surface area contributed by atoms with Gasteiger partial charge in [0.1, 0.15) is 40.3 Å². The number of methoxy groups -OCH3 is 1. The highest BCUT2D eigenvalue weighted by Crippen LogP contribution is 2.59. The smallest absolute Gasteiger partial charge is 0.248 e. The van der Waals surface area contributed by atoms with Gasteiger partial charge < -0.3 is 20.3 Å². The second-order valence-corrected chi connectivity index (χ2v) is 14.1. The molecule has 2 bridgehead atoms. The summed E-state index contributed by atoms with van der Waals surface area (Å²) in [7, 11) is 1.52. The SMILES string of the molecule is COc1cc(Br)nc(NC(=O)[C@@H]2C[C@]34CNC(=O)CCCC=CCc5cc(-c6cnc(C)nc6)cc6c(C(C)=O)nn(c56)CC(=O)N2[C@@H]3C4)c1. The Bertz CT molecular complexity index is 2060. The van der Waals surface area contributed by atoms with Crippen LogP contribution in [-0.2, 0) is 27.3 Å². The van der Waals surface area contributed by atoms with Crippen LogP contribution in [0.1, 0.15) is 60.9 Å². The van der Waals surface area contributed by atoms with Crippen molar-refractivity contribution in [2.24, 2.45) is 5.41 Å². The average molecular weight is 742 g/mol. The summed E-state index contributed by atoms with van der Waals surface area (Å²) in [6.07, 6.45) is 10.9. The number of nitrogens with zero attached hydrogens (tertiary/aromatic N) is 6. The zero-order chi connectivity index (χ0) is 35.2. The van der Waals surface area contributed by atoms with E-state index in [0.29, 0.717) is 65.7 Å². The van der Waals surface area contributed by atoms with Gasteiger partial charge in [-0.3, -0.25) is 23.9 Å². The topological polar surface area (TPSA) is 161 Å². The number of Topliss-reactive ketones (excluding diaryl/α,β-unsaturated/α-hetero) is 1. The fraction of sp³-hybridized carbons (Fsp3) is 0.389. The molecule has 3 atom stereocenters. The van der Waals surface area contributed by atoms with Gasteiger partial charge in [0.2, 0.25) is 17.7 Å². The van der Waals surface area contributed by atoms with E-state index in [1.54, 1.807) is 34.1 Å². The molecule has 3 aliphatic rings.